The molecule has 1 unspecified atom stereocenters. The third-order valence-electron chi connectivity index (χ3n) is 8.75. The summed E-state index contributed by atoms with van der Waals surface area (Å²) in [6.07, 6.45) is 9.89. The topological polar surface area (TPSA) is 0 Å². The zero-order chi connectivity index (χ0) is 34.4. The SMILES string of the molecule is CC(C)(C)c1ccc2c(c1)[cH-]c1cc(C(C)(C)C)ccc12.CC1[C-]=CC(C(C)(C)C)=C1.[Zr+2]=[C](Cc1ccccc1)Cc1ccccc1. The van der Waals surface area contributed by atoms with Crippen molar-refractivity contribution in [3.05, 3.63) is 149 Å². The molecule has 6 rings (SSSR count). The van der Waals surface area contributed by atoms with Crippen LogP contribution in [0.5, 0.6) is 0 Å². The number of benzene rings is 4. The Labute approximate surface area is 300 Å². The molecule has 1 aliphatic rings. The fourth-order valence-electron chi connectivity index (χ4n) is 5.76. The molecule has 1 aliphatic carbocycles. The molecule has 1 heteroatoms. The van der Waals surface area contributed by atoms with E-state index >= 15 is 0 Å². The van der Waals surface area contributed by atoms with Crippen LogP contribution in [0.1, 0.15) is 91.5 Å². The second kappa shape index (κ2) is 15.5. The van der Waals surface area contributed by atoms with Crippen molar-refractivity contribution in [1.29, 1.82) is 0 Å². The Kier molecular flexibility index (Phi) is 12.1. The average Bonchev–Trinajstić information content (AvgIpc) is 3.61. The van der Waals surface area contributed by atoms with Crippen LogP contribution in [0.4, 0.5) is 0 Å². The maximum atomic E-state index is 3.26. The minimum atomic E-state index is 0.203. The summed E-state index contributed by atoms with van der Waals surface area (Å²) < 4.78 is 1.60. The van der Waals surface area contributed by atoms with E-state index in [2.05, 4.69) is 191 Å². The third kappa shape index (κ3) is 10.7. The van der Waals surface area contributed by atoms with E-state index in [-0.39, 0.29) is 10.8 Å². The molecule has 0 saturated carbocycles. The number of hydrogen-bond acceptors (Lipinski definition) is 0. The molecule has 0 aromatic heterocycles. The molecule has 0 fully saturated rings. The molecule has 0 heterocycles. The fraction of sp³-hybridized carbons (Fsp3) is 0.348. The van der Waals surface area contributed by atoms with Gasteiger partial charge in [-0.15, -0.1) is 39.7 Å². The van der Waals surface area contributed by atoms with Crippen molar-refractivity contribution in [2.45, 2.75) is 92.9 Å². The standard InChI is InChI=1S/C21H25.C15H14.C10H15.Zr/c1-20(2,3)16-7-9-18-14(12-16)11-15-13-17(21(4,5)6)8-10-19(15)18;1-3-8-14(9-4-1)12-7-13-15-10-5-2-6-11-15;1-8-5-6-9(7-8)10(2,3)4;/h7-13H,1-6H3;1-6,8-11H,12-13H2;6-8H,1-4H3;/q-1;;-1;+2. The van der Waals surface area contributed by atoms with E-state index in [1.807, 2.05) is 0 Å². The Hall–Kier alpha value is -3.02. The monoisotopic (exact) mass is 696 g/mol. The van der Waals surface area contributed by atoms with E-state index in [0.29, 0.717) is 11.3 Å². The summed E-state index contributed by atoms with van der Waals surface area (Å²) in [5.41, 5.74) is 7.78. The minimum absolute atomic E-state index is 0.203. The quantitative estimate of drug-likeness (QED) is 0.164. The molecular formula is C46H54Zr. The van der Waals surface area contributed by atoms with Gasteiger partial charge in [-0.05, 0) is 10.8 Å². The van der Waals surface area contributed by atoms with Crippen LogP contribution in [0.2, 0.25) is 0 Å². The van der Waals surface area contributed by atoms with Crippen LogP contribution in [0.3, 0.4) is 0 Å². The Bertz CT molecular complexity index is 1710. The summed E-state index contributed by atoms with van der Waals surface area (Å²) in [6.45, 7) is 22.5. The first-order valence-electron chi connectivity index (χ1n) is 17.1. The Morgan fingerprint density at radius 2 is 1.04 bits per heavy atom. The van der Waals surface area contributed by atoms with Gasteiger partial charge in [0.05, 0.1) is 0 Å². The van der Waals surface area contributed by atoms with Crippen molar-refractivity contribution in [2.75, 3.05) is 0 Å². The first kappa shape index (κ1) is 36.8. The summed E-state index contributed by atoms with van der Waals surface area (Å²) in [5.74, 6) is 0.522. The zero-order valence-corrected chi connectivity index (χ0v) is 32.9. The van der Waals surface area contributed by atoms with E-state index in [0.717, 1.165) is 12.8 Å². The Morgan fingerprint density at radius 1 is 0.617 bits per heavy atom. The van der Waals surface area contributed by atoms with Crippen LogP contribution >= 0.6 is 0 Å². The first-order chi connectivity index (χ1) is 22.0. The van der Waals surface area contributed by atoms with Crippen molar-refractivity contribution in [3.8, 4) is 0 Å². The van der Waals surface area contributed by atoms with E-state index in [1.54, 1.807) is 27.4 Å². The van der Waals surface area contributed by atoms with Crippen molar-refractivity contribution in [3.63, 3.8) is 0 Å². The van der Waals surface area contributed by atoms with Crippen LogP contribution in [0, 0.1) is 17.4 Å². The maximum absolute atomic E-state index is 3.26. The van der Waals surface area contributed by atoms with Crippen LogP contribution in [0.15, 0.2) is 121 Å². The number of fused-ring (bicyclic) bond motifs is 3. The van der Waals surface area contributed by atoms with Gasteiger partial charge in [0.2, 0.25) is 0 Å². The van der Waals surface area contributed by atoms with Gasteiger partial charge in [0, 0.05) is 0 Å². The molecular weight excluding hydrogens is 644 g/mol. The van der Waals surface area contributed by atoms with Crippen molar-refractivity contribution in [1.82, 2.24) is 0 Å². The van der Waals surface area contributed by atoms with E-state index in [1.165, 1.54) is 49.4 Å². The Morgan fingerprint density at radius 3 is 1.36 bits per heavy atom. The molecule has 1 atom stereocenters. The second-order valence-corrected chi connectivity index (χ2v) is 17.9. The molecule has 0 N–H and O–H groups in total. The van der Waals surface area contributed by atoms with Gasteiger partial charge in [0.15, 0.2) is 0 Å². The molecule has 242 valence electrons. The second-order valence-electron chi connectivity index (χ2n) is 16.1. The number of allylic oxidation sites excluding steroid dienone is 4. The molecule has 5 aromatic carbocycles. The van der Waals surface area contributed by atoms with Crippen LogP contribution in [0.25, 0.3) is 21.5 Å². The molecule has 5 aromatic rings. The van der Waals surface area contributed by atoms with Gasteiger partial charge in [0.25, 0.3) is 0 Å². The number of rotatable bonds is 4. The molecule has 0 saturated heterocycles. The van der Waals surface area contributed by atoms with Gasteiger partial charge in [-0.2, -0.15) is 11.6 Å². The predicted octanol–water partition coefficient (Wildman–Crippen LogP) is 12.5. The number of hydrogen-bond donors (Lipinski definition) is 0. The fourth-order valence-corrected chi connectivity index (χ4v) is 6.76. The molecule has 0 radical (unpaired) electrons. The van der Waals surface area contributed by atoms with Gasteiger partial charge in [-0.25, -0.2) is 6.08 Å². The molecule has 0 nitrogen and oxygen atoms in total. The van der Waals surface area contributed by atoms with Gasteiger partial charge < -0.3 is 0 Å². The van der Waals surface area contributed by atoms with Crippen LogP contribution in [-0.2, 0) is 47.9 Å². The van der Waals surface area contributed by atoms with Gasteiger partial charge >= 0.3 is 112 Å². The summed E-state index contributed by atoms with van der Waals surface area (Å²) in [5, 5.41) is 5.48. The predicted molar refractivity (Wildman–Crippen MR) is 204 cm³/mol. The van der Waals surface area contributed by atoms with Gasteiger partial charge in [-0.3, -0.25) is 6.08 Å². The normalized spacial score (nSPS) is 14.7. The Balaban J connectivity index is 0.000000170. The van der Waals surface area contributed by atoms with E-state index in [9.17, 15) is 0 Å². The van der Waals surface area contributed by atoms with Gasteiger partial charge in [0.1, 0.15) is 0 Å². The zero-order valence-electron chi connectivity index (χ0n) is 30.5. The van der Waals surface area contributed by atoms with Crippen molar-refractivity contribution in [2.24, 2.45) is 11.3 Å². The summed E-state index contributed by atoms with van der Waals surface area (Å²) in [4.78, 5) is 0. The molecule has 0 spiro atoms. The molecule has 0 bridgehead atoms. The summed E-state index contributed by atoms with van der Waals surface area (Å²) in [7, 11) is 0. The van der Waals surface area contributed by atoms with E-state index in [4.69, 9.17) is 0 Å². The average molecular weight is 698 g/mol. The van der Waals surface area contributed by atoms with E-state index < -0.39 is 0 Å². The molecule has 47 heavy (non-hydrogen) atoms. The van der Waals surface area contributed by atoms with Crippen LogP contribution < -0.4 is 0 Å². The molecule has 0 aliphatic heterocycles. The van der Waals surface area contributed by atoms with Crippen molar-refractivity contribution < 1.29 is 24.2 Å². The molecule has 0 amide bonds. The first-order valence-corrected chi connectivity index (χ1v) is 18.3. The van der Waals surface area contributed by atoms with Crippen molar-refractivity contribution >= 4 is 24.8 Å². The van der Waals surface area contributed by atoms with Crippen LogP contribution in [-0.4, -0.2) is 3.21 Å². The van der Waals surface area contributed by atoms with Gasteiger partial charge in [-0.1, -0.05) is 116 Å². The summed E-state index contributed by atoms with van der Waals surface area (Å²) >= 11 is 1.55. The summed E-state index contributed by atoms with van der Waals surface area (Å²) in [6, 6.07) is 37.6. The third-order valence-corrected chi connectivity index (χ3v) is 9.62.